The minimum absolute atomic E-state index is 0.0126. The lowest BCUT2D eigenvalue weighted by Crippen LogP contribution is -2.06. The molecule has 0 saturated heterocycles. The first-order valence-corrected chi connectivity index (χ1v) is 5.57. The van der Waals surface area contributed by atoms with Crippen LogP contribution in [0.3, 0.4) is 0 Å². The van der Waals surface area contributed by atoms with Crippen molar-refractivity contribution in [2.45, 2.75) is 19.8 Å². The van der Waals surface area contributed by atoms with Crippen LogP contribution in [0.1, 0.15) is 18.9 Å². The number of hydrogen-bond acceptors (Lipinski definition) is 5. The first kappa shape index (κ1) is 14.7. The van der Waals surface area contributed by atoms with Crippen molar-refractivity contribution in [2.75, 3.05) is 7.11 Å². The summed E-state index contributed by atoms with van der Waals surface area (Å²) in [7, 11) is 1.28. The number of hydrogen-bond donors (Lipinski definition) is 2. The molecule has 0 spiro atoms. The molecule has 6 heteroatoms. The van der Waals surface area contributed by atoms with Crippen molar-refractivity contribution in [1.29, 1.82) is 0 Å². The highest BCUT2D eigenvalue weighted by Gasteiger charge is 2.09. The van der Waals surface area contributed by atoms with Crippen LogP contribution in [-0.2, 0) is 20.7 Å². The van der Waals surface area contributed by atoms with Crippen molar-refractivity contribution in [1.82, 2.24) is 0 Å². The molecule has 0 saturated carbocycles. The Balaban J connectivity index is 3.03. The average molecular weight is 265 g/mol. The van der Waals surface area contributed by atoms with E-state index in [1.807, 2.05) is 0 Å². The van der Waals surface area contributed by atoms with Gasteiger partial charge in [-0.1, -0.05) is 6.07 Å². The molecule has 0 unspecified atom stereocenters. The van der Waals surface area contributed by atoms with Crippen LogP contribution in [0.4, 0.5) is 5.69 Å². The molecule has 0 aliphatic heterocycles. The maximum absolute atomic E-state index is 11.1. The number of carbonyl (C=O) groups is 2. The zero-order valence-electron chi connectivity index (χ0n) is 10.7. The van der Waals surface area contributed by atoms with Gasteiger partial charge in [0.2, 0.25) is 0 Å². The van der Waals surface area contributed by atoms with Gasteiger partial charge in [-0.2, -0.15) is 0 Å². The third kappa shape index (κ3) is 4.79. The minimum atomic E-state index is -0.993. The van der Waals surface area contributed by atoms with E-state index >= 15 is 0 Å². The van der Waals surface area contributed by atoms with E-state index in [1.165, 1.54) is 25.3 Å². The third-order valence-electron chi connectivity index (χ3n) is 2.35. The highest BCUT2D eigenvalue weighted by atomic mass is 16.5. The molecule has 19 heavy (non-hydrogen) atoms. The summed E-state index contributed by atoms with van der Waals surface area (Å²) >= 11 is 0. The number of carboxylic acids is 1. The topological polar surface area (TPSA) is 96.2 Å². The second-order valence-corrected chi connectivity index (χ2v) is 3.98. The van der Waals surface area contributed by atoms with Gasteiger partial charge in [0.05, 0.1) is 25.6 Å². The van der Waals surface area contributed by atoms with Crippen molar-refractivity contribution in [2.24, 2.45) is 4.99 Å². The van der Waals surface area contributed by atoms with E-state index in [9.17, 15) is 14.7 Å². The molecule has 6 nitrogen and oxygen atoms in total. The van der Waals surface area contributed by atoms with Gasteiger partial charge in [-0.25, -0.2) is 0 Å². The lowest BCUT2D eigenvalue weighted by molar-refractivity contribution is -0.139. The lowest BCUT2D eigenvalue weighted by Gasteiger charge is -2.06. The van der Waals surface area contributed by atoms with E-state index < -0.39 is 11.9 Å². The molecule has 2 N–H and O–H groups in total. The third-order valence-corrected chi connectivity index (χ3v) is 2.35. The Kier molecular flexibility index (Phi) is 5.05. The molecule has 1 aromatic carbocycles. The number of methoxy groups -OCH3 is 1. The molecule has 102 valence electrons. The number of benzene rings is 1. The largest absolute Gasteiger partial charge is 0.508 e. The fraction of sp³-hybridized carbons (Fsp3) is 0.308. The number of aromatic hydroxyl groups is 1. The van der Waals surface area contributed by atoms with Gasteiger partial charge in [0.1, 0.15) is 5.75 Å². The SMILES string of the molecule is COC(=O)CC(C)=Nc1cc(O)ccc1CC(=O)O. The van der Waals surface area contributed by atoms with Crippen LogP contribution >= 0.6 is 0 Å². The number of carboxylic acid groups (broad SMARTS) is 1. The van der Waals surface area contributed by atoms with Gasteiger partial charge in [-0.05, 0) is 18.6 Å². The second kappa shape index (κ2) is 6.53. The Hall–Kier alpha value is -2.37. The molecule has 0 aromatic heterocycles. The first-order chi connectivity index (χ1) is 8.92. The van der Waals surface area contributed by atoms with E-state index in [0.29, 0.717) is 17.0 Å². The van der Waals surface area contributed by atoms with Gasteiger partial charge >= 0.3 is 11.9 Å². The quantitative estimate of drug-likeness (QED) is 0.623. The summed E-state index contributed by atoms with van der Waals surface area (Å²) in [5, 5.41) is 18.2. The maximum Gasteiger partial charge on any atom is 0.311 e. The second-order valence-electron chi connectivity index (χ2n) is 3.98. The minimum Gasteiger partial charge on any atom is -0.508 e. The summed E-state index contributed by atoms with van der Waals surface area (Å²) in [4.78, 5) is 26.0. The predicted octanol–water partition coefficient (Wildman–Crippen LogP) is 1.67. The van der Waals surface area contributed by atoms with Crippen molar-refractivity contribution < 1.29 is 24.5 Å². The first-order valence-electron chi connectivity index (χ1n) is 5.57. The number of aliphatic imine (C=N–C) groups is 1. The number of rotatable bonds is 5. The van der Waals surface area contributed by atoms with Gasteiger partial charge in [0.15, 0.2) is 0 Å². The summed E-state index contributed by atoms with van der Waals surface area (Å²) in [6.07, 6.45) is -0.191. The normalized spacial score (nSPS) is 11.2. The van der Waals surface area contributed by atoms with Crippen LogP contribution in [0.15, 0.2) is 23.2 Å². The average Bonchev–Trinajstić information content (AvgIpc) is 2.31. The molecule has 0 fully saturated rings. The molecule has 0 radical (unpaired) electrons. The van der Waals surface area contributed by atoms with Crippen LogP contribution in [0.5, 0.6) is 5.75 Å². The van der Waals surface area contributed by atoms with Crippen LogP contribution in [-0.4, -0.2) is 35.0 Å². The van der Waals surface area contributed by atoms with Crippen molar-refractivity contribution >= 4 is 23.3 Å². The molecular weight excluding hydrogens is 250 g/mol. The van der Waals surface area contributed by atoms with Gasteiger partial charge in [-0.15, -0.1) is 0 Å². The number of phenolic OH excluding ortho intramolecular Hbond substituents is 1. The Morgan fingerprint density at radius 3 is 2.63 bits per heavy atom. The molecule has 1 rings (SSSR count). The fourth-order valence-electron chi connectivity index (χ4n) is 1.49. The van der Waals surface area contributed by atoms with E-state index in [-0.39, 0.29) is 18.6 Å². The molecule has 0 bridgehead atoms. The fourth-order valence-corrected chi connectivity index (χ4v) is 1.49. The molecule has 0 aliphatic carbocycles. The summed E-state index contributed by atoms with van der Waals surface area (Å²) in [6, 6.07) is 4.25. The van der Waals surface area contributed by atoms with Gasteiger partial charge in [0.25, 0.3) is 0 Å². The summed E-state index contributed by atoms with van der Waals surface area (Å²) in [5.74, 6) is -1.44. The smallest absolute Gasteiger partial charge is 0.311 e. The summed E-state index contributed by atoms with van der Waals surface area (Å²) in [6.45, 7) is 1.63. The zero-order chi connectivity index (χ0) is 14.4. The number of nitrogens with zero attached hydrogens (tertiary/aromatic N) is 1. The van der Waals surface area contributed by atoms with Crippen LogP contribution < -0.4 is 0 Å². The van der Waals surface area contributed by atoms with Gasteiger partial charge in [-0.3, -0.25) is 14.6 Å². The Bertz CT molecular complexity index is 522. The summed E-state index contributed by atoms with van der Waals surface area (Å²) < 4.78 is 4.51. The number of phenols is 1. The Labute approximate surface area is 110 Å². The van der Waals surface area contributed by atoms with E-state index in [0.717, 1.165) is 0 Å². The predicted molar refractivity (Wildman–Crippen MR) is 68.8 cm³/mol. The van der Waals surface area contributed by atoms with Gasteiger partial charge in [0, 0.05) is 11.8 Å². The maximum atomic E-state index is 11.1. The Morgan fingerprint density at radius 1 is 1.37 bits per heavy atom. The number of carbonyl (C=O) groups excluding carboxylic acids is 1. The molecule has 0 heterocycles. The zero-order valence-corrected chi connectivity index (χ0v) is 10.7. The van der Waals surface area contributed by atoms with Crippen molar-refractivity contribution in [3.63, 3.8) is 0 Å². The number of ether oxygens (including phenoxy) is 1. The van der Waals surface area contributed by atoms with E-state index in [2.05, 4.69) is 9.73 Å². The molecular formula is C13H15NO5. The van der Waals surface area contributed by atoms with Crippen molar-refractivity contribution in [3.05, 3.63) is 23.8 Å². The highest BCUT2D eigenvalue weighted by molar-refractivity contribution is 5.99. The lowest BCUT2D eigenvalue weighted by atomic mass is 10.1. The molecule has 0 atom stereocenters. The van der Waals surface area contributed by atoms with E-state index in [4.69, 9.17) is 5.11 Å². The van der Waals surface area contributed by atoms with Gasteiger partial charge < -0.3 is 14.9 Å². The summed E-state index contributed by atoms with van der Waals surface area (Å²) in [5.41, 5.74) is 1.28. The van der Waals surface area contributed by atoms with Crippen LogP contribution in [0, 0.1) is 0 Å². The van der Waals surface area contributed by atoms with Crippen LogP contribution in [0.25, 0.3) is 0 Å². The highest BCUT2D eigenvalue weighted by Crippen LogP contribution is 2.25. The monoisotopic (exact) mass is 265 g/mol. The van der Waals surface area contributed by atoms with Crippen molar-refractivity contribution in [3.8, 4) is 5.75 Å². The molecule has 1 aromatic rings. The Morgan fingerprint density at radius 2 is 2.05 bits per heavy atom. The number of aliphatic carboxylic acids is 1. The molecule has 0 aliphatic rings. The van der Waals surface area contributed by atoms with E-state index in [1.54, 1.807) is 6.92 Å². The standard InChI is InChI=1S/C13H15NO5/c1-8(5-13(18)19-2)14-11-7-10(15)4-3-9(11)6-12(16)17/h3-4,7,15H,5-6H2,1-2H3,(H,16,17). The molecule has 0 amide bonds. The number of esters is 1. The van der Waals surface area contributed by atoms with Crippen LogP contribution in [0.2, 0.25) is 0 Å².